The molecule has 0 aliphatic heterocycles. The normalized spacial score (nSPS) is 11.7. The SMILES string of the molecule is c1ccc(-c2nc(-c3ccccc3)nc(-c3ccc(-n4c5ccccc5c5c6c7ccccc7n(-c7ccccc7)c6ccc54)c4ccccc34)n2)cc1. The number of aromatic nitrogens is 5. The van der Waals surface area contributed by atoms with E-state index >= 15 is 0 Å². The quantitative estimate of drug-likeness (QED) is 0.181. The summed E-state index contributed by atoms with van der Waals surface area (Å²) in [5.41, 5.74) is 9.82. The third kappa shape index (κ3) is 4.62. The first-order valence-electron chi connectivity index (χ1n) is 18.2. The van der Waals surface area contributed by atoms with E-state index in [4.69, 9.17) is 15.0 Å². The lowest BCUT2D eigenvalue weighted by Crippen LogP contribution is -2.01. The van der Waals surface area contributed by atoms with Gasteiger partial charge in [0.2, 0.25) is 0 Å². The molecular weight excluding hydrogens is 659 g/mol. The highest BCUT2D eigenvalue weighted by molar-refractivity contribution is 6.29. The van der Waals surface area contributed by atoms with Gasteiger partial charge in [-0.15, -0.1) is 0 Å². The fraction of sp³-hybridized carbons (Fsp3) is 0. The van der Waals surface area contributed by atoms with Crippen LogP contribution in [0.25, 0.3) is 99.9 Å². The van der Waals surface area contributed by atoms with Gasteiger partial charge in [-0.1, -0.05) is 140 Å². The second kappa shape index (κ2) is 12.1. The fourth-order valence-electron chi connectivity index (χ4n) is 8.24. The lowest BCUT2D eigenvalue weighted by Gasteiger charge is -2.15. The summed E-state index contributed by atoms with van der Waals surface area (Å²) in [6, 6.07) is 66.1. The second-order valence-corrected chi connectivity index (χ2v) is 13.6. The number of fused-ring (bicyclic) bond motifs is 8. The molecule has 0 spiro atoms. The van der Waals surface area contributed by atoms with Crippen LogP contribution in [0.1, 0.15) is 0 Å². The molecule has 0 fully saturated rings. The molecule has 5 nitrogen and oxygen atoms in total. The first-order chi connectivity index (χ1) is 26.8. The average Bonchev–Trinajstić information content (AvgIpc) is 3.77. The lowest BCUT2D eigenvalue weighted by atomic mass is 10.0. The van der Waals surface area contributed by atoms with Crippen LogP contribution in [0.15, 0.2) is 188 Å². The van der Waals surface area contributed by atoms with Crippen molar-refractivity contribution in [1.82, 2.24) is 24.1 Å². The summed E-state index contributed by atoms with van der Waals surface area (Å²) in [5, 5.41) is 7.16. The minimum Gasteiger partial charge on any atom is -0.309 e. The topological polar surface area (TPSA) is 48.5 Å². The zero-order valence-electron chi connectivity index (χ0n) is 29.1. The van der Waals surface area contributed by atoms with Gasteiger partial charge in [-0.2, -0.15) is 0 Å². The van der Waals surface area contributed by atoms with Crippen LogP contribution in [0.3, 0.4) is 0 Å². The van der Waals surface area contributed by atoms with Gasteiger partial charge in [-0.05, 0) is 53.9 Å². The van der Waals surface area contributed by atoms with Crippen molar-refractivity contribution in [2.75, 3.05) is 0 Å². The molecule has 5 heteroatoms. The Bertz CT molecular complexity index is 3140. The van der Waals surface area contributed by atoms with Gasteiger partial charge >= 0.3 is 0 Å². The predicted octanol–water partition coefficient (Wildman–Crippen LogP) is 12.2. The van der Waals surface area contributed by atoms with Crippen LogP contribution in [0.5, 0.6) is 0 Å². The maximum absolute atomic E-state index is 5.10. The molecule has 0 bridgehead atoms. The number of hydrogen-bond acceptors (Lipinski definition) is 3. The van der Waals surface area contributed by atoms with Crippen molar-refractivity contribution in [1.29, 1.82) is 0 Å². The molecule has 0 amide bonds. The Morgan fingerprint density at radius 2 is 0.741 bits per heavy atom. The summed E-state index contributed by atoms with van der Waals surface area (Å²) in [6.45, 7) is 0. The minimum atomic E-state index is 0.642. The summed E-state index contributed by atoms with van der Waals surface area (Å²) in [6.07, 6.45) is 0. The van der Waals surface area contributed by atoms with Crippen LogP contribution in [0, 0.1) is 0 Å². The van der Waals surface area contributed by atoms with Crippen molar-refractivity contribution < 1.29 is 0 Å². The number of hydrogen-bond donors (Lipinski definition) is 0. The second-order valence-electron chi connectivity index (χ2n) is 13.6. The van der Waals surface area contributed by atoms with Crippen LogP contribution in [-0.4, -0.2) is 24.1 Å². The zero-order chi connectivity index (χ0) is 35.6. The van der Waals surface area contributed by atoms with Gasteiger partial charge in [0.1, 0.15) is 0 Å². The van der Waals surface area contributed by atoms with E-state index in [1.807, 2.05) is 60.7 Å². The van der Waals surface area contributed by atoms with Crippen molar-refractivity contribution in [2.45, 2.75) is 0 Å². The van der Waals surface area contributed by atoms with Crippen LogP contribution in [-0.2, 0) is 0 Å². The maximum Gasteiger partial charge on any atom is 0.164 e. The molecule has 0 unspecified atom stereocenters. The standard InChI is InChI=1S/C49H31N5/c1-4-16-32(17-5-1)47-50-48(33-18-6-2-7-19-33)52-49(51-47)37-28-29-42(36-23-11-10-22-35(36)37)54-41-27-15-13-25-39(41)46-44(54)31-30-43-45(46)38-24-12-14-26-40(38)53(43)34-20-8-3-9-21-34/h1-31H. The largest absolute Gasteiger partial charge is 0.309 e. The van der Waals surface area contributed by atoms with Crippen LogP contribution in [0.4, 0.5) is 0 Å². The van der Waals surface area contributed by atoms with Crippen LogP contribution >= 0.6 is 0 Å². The van der Waals surface area contributed by atoms with Crippen molar-refractivity contribution in [2.24, 2.45) is 0 Å². The molecule has 3 aromatic heterocycles. The number of nitrogens with zero attached hydrogens (tertiary/aromatic N) is 5. The predicted molar refractivity (Wildman–Crippen MR) is 222 cm³/mol. The van der Waals surface area contributed by atoms with Gasteiger partial charge in [0.15, 0.2) is 17.5 Å². The third-order valence-electron chi connectivity index (χ3n) is 10.6. The molecule has 8 aromatic carbocycles. The molecule has 0 saturated heterocycles. The molecule has 11 aromatic rings. The third-order valence-corrected chi connectivity index (χ3v) is 10.6. The van der Waals surface area contributed by atoms with E-state index in [-0.39, 0.29) is 0 Å². The van der Waals surface area contributed by atoms with Crippen LogP contribution < -0.4 is 0 Å². The molecule has 0 aliphatic carbocycles. The number of para-hydroxylation sites is 3. The molecule has 0 atom stereocenters. The molecule has 0 saturated carbocycles. The molecule has 54 heavy (non-hydrogen) atoms. The Kier molecular flexibility index (Phi) is 6.79. The highest BCUT2D eigenvalue weighted by Gasteiger charge is 2.22. The Labute approximate surface area is 311 Å². The zero-order valence-corrected chi connectivity index (χ0v) is 29.1. The first-order valence-corrected chi connectivity index (χ1v) is 18.2. The average molecular weight is 690 g/mol. The summed E-state index contributed by atoms with van der Waals surface area (Å²) >= 11 is 0. The highest BCUT2D eigenvalue weighted by Crippen LogP contribution is 2.43. The van der Waals surface area contributed by atoms with E-state index in [1.54, 1.807) is 0 Å². The first kappa shape index (κ1) is 30.3. The van der Waals surface area contributed by atoms with Crippen molar-refractivity contribution in [3.05, 3.63) is 188 Å². The smallest absolute Gasteiger partial charge is 0.164 e. The molecular formula is C49H31N5. The molecule has 11 rings (SSSR count). The summed E-state index contributed by atoms with van der Waals surface area (Å²) in [5.74, 6) is 1.94. The van der Waals surface area contributed by atoms with E-state index in [0.717, 1.165) is 49.9 Å². The Morgan fingerprint density at radius 3 is 1.33 bits per heavy atom. The van der Waals surface area contributed by atoms with Gasteiger partial charge in [0, 0.05) is 49.3 Å². The van der Waals surface area contributed by atoms with E-state index < -0.39 is 0 Å². The van der Waals surface area contributed by atoms with E-state index in [1.165, 1.54) is 32.6 Å². The van der Waals surface area contributed by atoms with Gasteiger partial charge in [0.05, 0.1) is 27.8 Å². The van der Waals surface area contributed by atoms with Gasteiger partial charge < -0.3 is 9.13 Å². The highest BCUT2D eigenvalue weighted by atomic mass is 15.0. The molecule has 252 valence electrons. The number of rotatable bonds is 5. The summed E-state index contributed by atoms with van der Waals surface area (Å²) < 4.78 is 4.82. The molecule has 3 heterocycles. The maximum atomic E-state index is 5.10. The Balaban J connectivity index is 1.18. The van der Waals surface area contributed by atoms with Crippen molar-refractivity contribution in [3.8, 4) is 45.5 Å². The van der Waals surface area contributed by atoms with E-state index in [9.17, 15) is 0 Å². The lowest BCUT2D eigenvalue weighted by molar-refractivity contribution is 1.08. The van der Waals surface area contributed by atoms with Gasteiger partial charge in [0.25, 0.3) is 0 Å². The van der Waals surface area contributed by atoms with Gasteiger partial charge in [-0.3, -0.25) is 0 Å². The summed E-state index contributed by atoms with van der Waals surface area (Å²) in [7, 11) is 0. The minimum absolute atomic E-state index is 0.642. The fourth-order valence-corrected chi connectivity index (χ4v) is 8.24. The Hall–Kier alpha value is -7.37. The van der Waals surface area contributed by atoms with Crippen molar-refractivity contribution in [3.63, 3.8) is 0 Å². The molecule has 0 N–H and O–H groups in total. The Morgan fingerprint density at radius 1 is 0.296 bits per heavy atom. The van der Waals surface area contributed by atoms with Gasteiger partial charge in [-0.25, -0.2) is 15.0 Å². The van der Waals surface area contributed by atoms with Crippen LogP contribution in [0.2, 0.25) is 0 Å². The van der Waals surface area contributed by atoms with E-state index in [0.29, 0.717) is 17.5 Å². The van der Waals surface area contributed by atoms with E-state index in [2.05, 4.69) is 137 Å². The number of benzene rings is 8. The molecule has 0 aliphatic rings. The summed E-state index contributed by atoms with van der Waals surface area (Å²) in [4.78, 5) is 15.1. The van der Waals surface area contributed by atoms with Crippen molar-refractivity contribution >= 4 is 54.4 Å². The molecule has 0 radical (unpaired) electrons. The monoisotopic (exact) mass is 689 g/mol.